The monoisotopic (exact) mass is 375 g/mol. The number of hydrogen-bond donors (Lipinski definition) is 3. The van der Waals surface area contributed by atoms with E-state index in [9.17, 15) is 9.59 Å². The second kappa shape index (κ2) is 8.30. The number of carbonyl (C=O) groups is 2. The normalized spacial score (nSPS) is 10.2. The Hall–Kier alpha value is -3.74. The number of aryl methyl sites for hydroxylation is 2. The first-order valence-electron chi connectivity index (χ1n) is 8.76. The van der Waals surface area contributed by atoms with Gasteiger partial charge >= 0.3 is 0 Å². The fraction of sp³-hybridized carbons (Fsp3) is 0.143. The third kappa shape index (κ3) is 4.91. The van der Waals surface area contributed by atoms with Crippen LogP contribution in [0.4, 0.5) is 22.9 Å². The van der Waals surface area contributed by atoms with E-state index >= 15 is 0 Å². The van der Waals surface area contributed by atoms with Crippen LogP contribution in [0.5, 0.6) is 0 Å². The van der Waals surface area contributed by atoms with Crippen molar-refractivity contribution in [3.8, 4) is 0 Å². The molecule has 0 bridgehead atoms. The fourth-order valence-corrected chi connectivity index (χ4v) is 2.67. The highest BCUT2D eigenvalue weighted by molar-refractivity contribution is 6.03. The maximum Gasteiger partial charge on any atom is 0.275 e. The zero-order valence-electron chi connectivity index (χ0n) is 15.9. The maximum atomic E-state index is 12.4. The molecule has 7 heteroatoms. The molecule has 0 saturated heterocycles. The van der Waals surface area contributed by atoms with Crippen LogP contribution in [0.2, 0.25) is 0 Å². The van der Waals surface area contributed by atoms with Crippen LogP contribution in [0.1, 0.15) is 28.5 Å². The zero-order chi connectivity index (χ0) is 20.1. The second-order valence-electron chi connectivity index (χ2n) is 6.45. The van der Waals surface area contributed by atoms with Crippen LogP contribution in [-0.2, 0) is 4.79 Å². The predicted molar refractivity (Wildman–Crippen MR) is 110 cm³/mol. The lowest BCUT2D eigenvalue weighted by Gasteiger charge is -2.10. The molecule has 0 atom stereocenters. The average molecular weight is 375 g/mol. The highest BCUT2D eigenvalue weighted by atomic mass is 16.2. The van der Waals surface area contributed by atoms with Crippen LogP contribution in [0.25, 0.3) is 0 Å². The topological polar surface area (TPSA) is 96.0 Å². The quantitative estimate of drug-likeness (QED) is 0.625. The fourth-order valence-electron chi connectivity index (χ4n) is 2.67. The summed E-state index contributed by atoms with van der Waals surface area (Å²) >= 11 is 0. The SMILES string of the molecule is CC(=O)Nc1cccc(NC(=O)c2cnc(Nc3ccc(C)cc3C)cn2)c1. The van der Waals surface area contributed by atoms with Crippen LogP contribution >= 0.6 is 0 Å². The van der Waals surface area contributed by atoms with E-state index in [2.05, 4.69) is 32.0 Å². The number of nitrogens with one attached hydrogen (secondary N) is 3. The number of carbonyl (C=O) groups excluding carboxylic acids is 2. The molecule has 0 spiro atoms. The van der Waals surface area contributed by atoms with Gasteiger partial charge in [0, 0.05) is 24.0 Å². The van der Waals surface area contributed by atoms with Gasteiger partial charge in [-0.25, -0.2) is 9.97 Å². The molecule has 0 radical (unpaired) electrons. The van der Waals surface area contributed by atoms with Gasteiger partial charge in [0.1, 0.15) is 11.5 Å². The number of anilines is 4. The van der Waals surface area contributed by atoms with E-state index in [4.69, 9.17) is 0 Å². The van der Waals surface area contributed by atoms with Gasteiger partial charge in [-0.2, -0.15) is 0 Å². The number of rotatable bonds is 5. The molecule has 3 aromatic rings. The molecule has 2 aromatic carbocycles. The first kappa shape index (κ1) is 19.0. The molecule has 0 aliphatic rings. The summed E-state index contributed by atoms with van der Waals surface area (Å²) in [5.74, 6) is -0.0112. The summed E-state index contributed by atoms with van der Waals surface area (Å²) in [5, 5.41) is 8.61. The summed E-state index contributed by atoms with van der Waals surface area (Å²) in [7, 11) is 0. The Kier molecular flexibility index (Phi) is 5.64. The van der Waals surface area contributed by atoms with Crippen LogP contribution in [0.15, 0.2) is 54.9 Å². The minimum atomic E-state index is -0.384. The Morgan fingerprint density at radius 2 is 1.64 bits per heavy atom. The summed E-state index contributed by atoms with van der Waals surface area (Å²) < 4.78 is 0. The van der Waals surface area contributed by atoms with Crippen LogP contribution in [-0.4, -0.2) is 21.8 Å². The van der Waals surface area contributed by atoms with E-state index in [0.717, 1.165) is 11.3 Å². The molecule has 7 nitrogen and oxygen atoms in total. The Bertz CT molecular complexity index is 1020. The van der Waals surface area contributed by atoms with E-state index in [1.807, 2.05) is 26.0 Å². The second-order valence-corrected chi connectivity index (χ2v) is 6.45. The van der Waals surface area contributed by atoms with Crippen LogP contribution in [0.3, 0.4) is 0 Å². The lowest BCUT2D eigenvalue weighted by molar-refractivity contribution is -0.114. The zero-order valence-corrected chi connectivity index (χ0v) is 15.9. The number of aromatic nitrogens is 2. The van der Waals surface area contributed by atoms with E-state index in [1.54, 1.807) is 24.3 Å². The van der Waals surface area contributed by atoms with Gasteiger partial charge < -0.3 is 16.0 Å². The van der Waals surface area contributed by atoms with Crippen molar-refractivity contribution in [3.05, 3.63) is 71.7 Å². The smallest absolute Gasteiger partial charge is 0.275 e. The van der Waals surface area contributed by atoms with Crippen molar-refractivity contribution in [2.24, 2.45) is 0 Å². The molecule has 0 saturated carbocycles. The summed E-state index contributed by atoms with van der Waals surface area (Å²) in [4.78, 5) is 32.0. The van der Waals surface area contributed by atoms with Crippen LogP contribution in [0, 0.1) is 13.8 Å². The molecule has 3 N–H and O–H groups in total. The van der Waals surface area contributed by atoms with Gasteiger partial charge in [-0.05, 0) is 43.7 Å². The predicted octanol–water partition coefficient (Wildman–Crippen LogP) is 4.05. The third-order valence-corrected chi connectivity index (χ3v) is 3.97. The lowest BCUT2D eigenvalue weighted by Crippen LogP contribution is -2.14. The molecular formula is C21H21N5O2. The molecule has 2 amide bonds. The Balaban J connectivity index is 1.67. The standard InChI is InChI=1S/C21H21N5O2/c1-13-7-8-18(14(2)9-13)26-20-12-22-19(11-23-20)21(28)25-17-6-4-5-16(10-17)24-15(3)27/h4-12H,1-3H3,(H,23,26)(H,24,27)(H,25,28). The summed E-state index contributed by atoms with van der Waals surface area (Å²) in [6.07, 6.45) is 2.93. The molecule has 0 fully saturated rings. The number of hydrogen-bond acceptors (Lipinski definition) is 5. The lowest BCUT2D eigenvalue weighted by atomic mass is 10.1. The van der Waals surface area contributed by atoms with E-state index in [-0.39, 0.29) is 17.5 Å². The Labute approximate surface area is 163 Å². The highest BCUT2D eigenvalue weighted by Gasteiger charge is 2.10. The van der Waals surface area contributed by atoms with Crippen molar-refractivity contribution >= 4 is 34.7 Å². The van der Waals surface area contributed by atoms with Crippen molar-refractivity contribution in [2.75, 3.05) is 16.0 Å². The van der Waals surface area contributed by atoms with E-state index < -0.39 is 0 Å². The number of amides is 2. The molecule has 28 heavy (non-hydrogen) atoms. The number of nitrogens with zero attached hydrogens (tertiary/aromatic N) is 2. The highest BCUT2D eigenvalue weighted by Crippen LogP contribution is 2.20. The van der Waals surface area contributed by atoms with Crippen molar-refractivity contribution < 1.29 is 9.59 Å². The molecule has 0 aliphatic carbocycles. The van der Waals surface area contributed by atoms with Crippen molar-refractivity contribution in [3.63, 3.8) is 0 Å². The van der Waals surface area contributed by atoms with Crippen molar-refractivity contribution in [1.82, 2.24) is 9.97 Å². The van der Waals surface area contributed by atoms with Gasteiger partial charge in [0.15, 0.2) is 0 Å². The van der Waals surface area contributed by atoms with Gasteiger partial charge in [-0.3, -0.25) is 9.59 Å². The molecular weight excluding hydrogens is 354 g/mol. The van der Waals surface area contributed by atoms with Gasteiger partial charge in [-0.1, -0.05) is 23.8 Å². The first-order chi connectivity index (χ1) is 13.4. The van der Waals surface area contributed by atoms with E-state index in [1.165, 1.54) is 24.9 Å². The summed E-state index contributed by atoms with van der Waals surface area (Å²) in [6.45, 7) is 5.48. The molecule has 3 rings (SSSR count). The maximum absolute atomic E-state index is 12.4. The van der Waals surface area contributed by atoms with E-state index in [0.29, 0.717) is 17.2 Å². The average Bonchev–Trinajstić information content (AvgIpc) is 2.64. The molecule has 0 unspecified atom stereocenters. The van der Waals surface area contributed by atoms with Gasteiger partial charge in [0.25, 0.3) is 5.91 Å². The van der Waals surface area contributed by atoms with Gasteiger partial charge in [0.2, 0.25) is 5.91 Å². The van der Waals surface area contributed by atoms with Crippen molar-refractivity contribution in [2.45, 2.75) is 20.8 Å². The molecule has 1 aromatic heterocycles. The summed E-state index contributed by atoms with van der Waals surface area (Å²) in [5.41, 5.74) is 4.56. The Morgan fingerprint density at radius 1 is 0.893 bits per heavy atom. The largest absolute Gasteiger partial charge is 0.339 e. The molecule has 0 aliphatic heterocycles. The molecule has 142 valence electrons. The number of benzene rings is 2. The minimum Gasteiger partial charge on any atom is -0.339 e. The van der Waals surface area contributed by atoms with Crippen LogP contribution < -0.4 is 16.0 Å². The van der Waals surface area contributed by atoms with Crippen molar-refractivity contribution in [1.29, 1.82) is 0 Å². The van der Waals surface area contributed by atoms with Gasteiger partial charge in [0.05, 0.1) is 12.4 Å². The molecule has 1 heterocycles. The Morgan fingerprint density at radius 3 is 2.29 bits per heavy atom. The summed E-state index contributed by atoms with van der Waals surface area (Å²) in [6, 6.07) is 12.9. The van der Waals surface area contributed by atoms with Gasteiger partial charge in [-0.15, -0.1) is 0 Å². The minimum absolute atomic E-state index is 0.179. The third-order valence-electron chi connectivity index (χ3n) is 3.97. The first-order valence-corrected chi connectivity index (χ1v) is 8.76.